The molecule has 4 heteroatoms. The summed E-state index contributed by atoms with van der Waals surface area (Å²) < 4.78 is 11.2. The molecule has 0 fully saturated rings. The second kappa shape index (κ2) is 15.0. The van der Waals surface area contributed by atoms with Gasteiger partial charge < -0.3 is 9.47 Å². The molecule has 186 valence electrons. The van der Waals surface area contributed by atoms with Crippen molar-refractivity contribution in [2.24, 2.45) is 0 Å². The Morgan fingerprint density at radius 1 is 0.714 bits per heavy atom. The summed E-state index contributed by atoms with van der Waals surface area (Å²) >= 11 is 0. The van der Waals surface area contributed by atoms with E-state index in [1.54, 1.807) is 12.3 Å². The first-order chi connectivity index (χ1) is 17.2. The van der Waals surface area contributed by atoms with Crippen molar-refractivity contribution < 1.29 is 14.3 Å². The molecule has 0 atom stereocenters. The molecule has 0 saturated carbocycles. The zero-order valence-corrected chi connectivity index (χ0v) is 21.3. The molecule has 3 rings (SSSR count). The third kappa shape index (κ3) is 9.20. The van der Waals surface area contributed by atoms with Gasteiger partial charge >= 0.3 is 5.97 Å². The van der Waals surface area contributed by atoms with Gasteiger partial charge in [0.05, 0.1) is 24.1 Å². The Bertz CT molecular complexity index is 995. The highest BCUT2D eigenvalue weighted by molar-refractivity contribution is 5.91. The predicted molar refractivity (Wildman–Crippen MR) is 143 cm³/mol. The van der Waals surface area contributed by atoms with Crippen LogP contribution in [0, 0.1) is 0 Å². The molecule has 0 radical (unpaired) electrons. The van der Waals surface area contributed by atoms with Crippen LogP contribution in [-0.2, 0) is 6.42 Å². The topological polar surface area (TPSA) is 48.4 Å². The first-order valence-corrected chi connectivity index (χ1v) is 13.2. The molecular weight excluding hydrogens is 434 g/mol. The zero-order valence-electron chi connectivity index (χ0n) is 21.3. The van der Waals surface area contributed by atoms with Gasteiger partial charge in [-0.3, -0.25) is 4.98 Å². The number of rotatable bonds is 15. The Morgan fingerprint density at radius 3 is 2.00 bits per heavy atom. The molecule has 3 aromatic rings. The van der Waals surface area contributed by atoms with Crippen molar-refractivity contribution in [1.29, 1.82) is 0 Å². The van der Waals surface area contributed by atoms with Gasteiger partial charge in [0.15, 0.2) is 0 Å². The number of esters is 1. The van der Waals surface area contributed by atoms with Gasteiger partial charge in [-0.05, 0) is 73.4 Å². The molecule has 0 saturated heterocycles. The zero-order chi connectivity index (χ0) is 24.7. The number of hydrogen-bond acceptors (Lipinski definition) is 4. The molecule has 0 bridgehead atoms. The molecule has 0 unspecified atom stereocenters. The summed E-state index contributed by atoms with van der Waals surface area (Å²) in [5.74, 6) is 0.922. The van der Waals surface area contributed by atoms with Crippen molar-refractivity contribution in [2.45, 2.75) is 78.1 Å². The van der Waals surface area contributed by atoms with Gasteiger partial charge in [0.25, 0.3) is 0 Å². The maximum atomic E-state index is 12.5. The molecule has 2 aromatic carbocycles. The molecule has 35 heavy (non-hydrogen) atoms. The van der Waals surface area contributed by atoms with Crippen LogP contribution in [0.15, 0.2) is 66.9 Å². The maximum absolute atomic E-state index is 12.5. The number of ether oxygens (including phenoxy) is 2. The van der Waals surface area contributed by atoms with Gasteiger partial charge in [-0.25, -0.2) is 4.79 Å². The van der Waals surface area contributed by atoms with E-state index in [-0.39, 0.29) is 5.97 Å². The fraction of sp³-hybridized carbons (Fsp3) is 0.419. The van der Waals surface area contributed by atoms with E-state index >= 15 is 0 Å². The molecule has 0 aliphatic carbocycles. The Morgan fingerprint density at radius 2 is 1.37 bits per heavy atom. The molecule has 1 aromatic heterocycles. The van der Waals surface area contributed by atoms with E-state index in [4.69, 9.17) is 9.47 Å². The molecule has 0 spiro atoms. The highest BCUT2D eigenvalue weighted by Gasteiger charge is 2.10. The monoisotopic (exact) mass is 473 g/mol. The number of aromatic nitrogens is 1. The van der Waals surface area contributed by atoms with E-state index in [9.17, 15) is 4.79 Å². The highest BCUT2D eigenvalue weighted by atomic mass is 16.5. The van der Waals surface area contributed by atoms with Gasteiger partial charge in [0.2, 0.25) is 0 Å². The first-order valence-electron chi connectivity index (χ1n) is 13.2. The van der Waals surface area contributed by atoms with Crippen molar-refractivity contribution in [3.05, 3.63) is 78.0 Å². The third-order valence-electron chi connectivity index (χ3n) is 6.08. The van der Waals surface area contributed by atoms with Crippen molar-refractivity contribution in [3.8, 4) is 22.8 Å². The fourth-order valence-electron chi connectivity index (χ4n) is 3.99. The number of benzene rings is 2. The first kappa shape index (κ1) is 26.5. The predicted octanol–water partition coefficient (Wildman–Crippen LogP) is 8.44. The Balaban J connectivity index is 1.43. The standard InChI is InChI=1S/C31H39NO3/c1-3-5-6-7-8-9-10-11-12-25-13-15-27(16-14-25)31(33)35-29-21-22-30(32-24-29)26-17-19-28(20-18-26)34-23-4-2/h13-22,24H,3-12,23H2,1-2H3. The average molecular weight is 474 g/mol. The average Bonchev–Trinajstić information content (AvgIpc) is 2.90. The largest absolute Gasteiger partial charge is 0.494 e. The van der Waals surface area contributed by atoms with E-state index in [2.05, 4.69) is 18.8 Å². The molecule has 0 aliphatic heterocycles. The minimum absolute atomic E-state index is 0.365. The van der Waals surface area contributed by atoms with Crippen molar-refractivity contribution in [3.63, 3.8) is 0 Å². The lowest BCUT2D eigenvalue weighted by Crippen LogP contribution is -2.08. The van der Waals surface area contributed by atoms with Crippen molar-refractivity contribution >= 4 is 5.97 Å². The summed E-state index contributed by atoms with van der Waals surface area (Å²) in [6.45, 7) is 5.05. The molecule has 0 aliphatic rings. The number of unbranched alkanes of at least 4 members (excludes halogenated alkanes) is 7. The highest BCUT2D eigenvalue weighted by Crippen LogP contribution is 2.23. The van der Waals surface area contributed by atoms with Crippen LogP contribution in [0.25, 0.3) is 11.3 Å². The van der Waals surface area contributed by atoms with Crippen LogP contribution in [0.1, 0.15) is 87.6 Å². The van der Waals surface area contributed by atoms with E-state index < -0.39 is 0 Å². The molecular formula is C31H39NO3. The lowest BCUT2D eigenvalue weighted by molar-refractivity contribution is 0.0734. The second-order valence-corrected chi connectivity index (χ2v) is 9.06. The van der Waals surface area contributed by atoms with Crippen LogP contribution in [0.4, 0.5) is 0 Å². The molecule has 4 nitrogen and oxygen atoms in total. The van der Waals surface area contributed by atoms with E-state index in [0.29, 0.717) is 17.9 Å². The van der Waals surface area contributed by atoms with Crippen molar-refractivity contribution in [2.75, 3.05) is 6.61 Å². The molecule has 0 N–H and O–H groups in total. The lowest BCUT2D eigenvalue weighted by Gasteiger charge is -2.08. The number of carbonyl (C=O) groups is 1. The number of hydrogen-bond donors (Lipinski definition) is 0. The minimum atomic E-state index is -0.365. The van der Waals surface area contributed by atoms with Crippen LogP contribution < -0.4 is 9.47 Å². The van der Waals surface area contributed by atoms with E-state index in [0.717, 1.165) is 29.8 Å². The Hall–Kier alpha value is -3.14. The fourth-order valence-corrected chi connectivity index (χ4v) is 3.99. The lowest BCUT2D eigenvalue weighted by atomic mass is 10.0. The van der Waals surface area contributed by atoms with Crippen LogP contribution in [0.2, 0.25) is 0 Å². The number of nitrogens with zero attached hydrogens (tertiary/aromatic N) is 1. The second-order valence-electron chi connectivity index (χ2n) is 9.06. The van der Waals surface area contributed by atoms with E-state index in [1.165, 1.54) is 56.9 Å². The third-order valence-corrected chi connectivity index (χ3v) is 6.08. The number of aryl methyl sites for hydroxylation is 1. The Labute approximate surface area is 210 Å². The molecule has 1 heterocycles. The summed E-state index contributed by atoms with van der Waals surface area (Å²) in [6, 6.07) is 19.3. The van der Waals surface area contributed by atoms with Gasteiger partial charge in [0.1, 0.15) is 11.5 Å². The van der Waals surface area contributed by atoms with Crippen LogP contribution in [0.5, 0.6) is 11.5 Å². The van der Waals surface area contributed by atoms with Gasteiger partial charge in [-0.2, -0.15) is 0 Å². The normalized spacial score (nSPS) is 10.8. The summed E-state index contributed by atoms with van der Waals surface area (Å²) in [5.41, 5.74) is 3.62. The van der Waals surface area contributed by atoms with Gasteiger partial charge in [-0.15, -0.1) is 0 Å². The maximum Gasteiger partial charge on any atom is 0.343 e. The van der Waals surface area contributed by atoms with Crippen molar-refractivity contribution in [1.82, 2.24) is 4.98 Å². The van der Waals surface area contributed by atoms with Crippen LogP contribution in [-0.4, -0.2) is 17.6 Å². The molecule has 0 amide bonds. The van der Waals surface area contributed by atoms with Gasteiger partial charge in [-0.1, -0.05) is 70.9 Å². The summed E-state index contributed by atoms with van der Waals surface area (Å²) in [6.07, 6.45) is 14.2. The quantitative estimate of drug-likeness (QED) is 0.164. The number of carbonyl (C=O) groups excluding carboxylic acids is 1. The number of pyridine rings is 1. The van der Waals surface area contributed by atoms with E-state index in [1.807, 2.05) is 54.6 Å². The summed E-state index contributed by atoms with van der Waals surface area (Å²) in [5, 5.41) is 0. The minimum Gasteiger partial charge on any atom is -0.494 e. The summed E-state index contributed by atoms with van der Waals surface area (Å²) in [4.78, 5) is 17.0. The SMILES string of the molecule is CCCCCCCCCCc1ccc(C(=O)Oc2ccc(-c3ccc(OCCC)cc3)nc2)cc1. The summed E-state index contributed by atoms with van der Waals surface area (Å²) in [7, 11) is 0. The Kier molecular flexibility index (Phi) is 11.3. The van der Waals surface area contributed by atoms with Gasteiger partial charge in [0, 0.05) is 5.56 Å². The smallest absolute Gasteiger partial charge is 0.343 e. The van der Waals surface area contributed by atoms with Crippen LogP contribution in [0.3, 0.4) is 0 Å². The van der Waals surface area contributed by atoms with Crippen LogP contribution >= 0.6 is 0 Å².